The maximum atomic E-state index is 4.19. The van der Waals surface area contributed by atoms with E-state index >= 15 is 0 Å². The van der Waals surface area contributed by atoms with Crippen molar-refractivity contribution in [1.29, 1.82) is 0 Å². The van der Waals surface area contributed by atoms with Gasteiger partial charge in [0.1, 0.15) is 0 Å². The van der Waals surface area contributed by atoms with Gasteiger partial charge in [-0.2, -0.15) is 0 Å². The van der Waals surface area contributed by atoms with Gasteiger partial charge in [-0.1, -0.05) is 36.4 Å². The van der Waals surface area contributed by atoms with E-state index in [1.165, 1.54) is 0 Å². The van der Waals surface area contributed by atoms with Gasteiger partial charge in [-0.05, 0) is 72.8 Å². The molecule has 0 aliphatic heterocycles. The Bertz CT molecular complexity index is 1100. The van der Waals surface area contributed by atoms with Crippen LogP contribution in [0, 0.1) is 7.43 Å². The Balaban J connectivity index is 0.000000195. The van der Waals surface area contributed by atoms with Crippen molar-refractivity contribution < 1.29 is 19.5 Å². The Kier molecular flexibility index (Phi) is 13.4. The van der Waals surface area contributed by atoms with Crippen LogP contribution in [0.1, 0.15) is 0 Å². The van der Waals surface area contributed by atoms with Crippen LogP contribution >= 0.6 is 0 Å². The molecule has 0 aliphatic carbocycles. The Morgan fingerprint density at radius 1 is 0.263 bits per heavy atom. The zero-order valence-corrected chi connectivity index (χ0v) is 24.2. The van der Waals surface area contributed by atoms with Gasteiger partial charge in [-0.15, -0.1) is 0 Å². The van der Waals surface area contributed by atoms with E-state index in [2.05, 4.69) is 29.9 Å². The quantitative estimate of drug-likeness (QED) is 0.177. The van der Waals surface area contributed by atoms with E-state index in [-0.39, 0.29) is 26.9 Å². The molecule has 0 saturated heterocycles. The second-order valence-electron chi connectivity index (χ2n) is 7.29. The first-order valence-electron chi connectivity index (χ1n) is 11.4. The van der Waals surface area contributed by atoms with Crippen molar-refractivity contribution >= 4 is 0 Å². The largest absolute Gasteiger partial charge is 0.358 e. The first kappa shape index (κ1) is 29.8. The maximum absolute atomic E-state index is 4.19. The third-order valence-corrected chi connectivity index (χ3v) is 4.78. The van der Waals surface area contributed by atoms with Crippen molar-refractivity contribution in [1.82, 2.24) is 29.9 Å². The summed E-state index contributed by atoms with van der Waals surface area (Å²) in [6.07, 6.45) is 10.6. The molecule has 6 aromatic heterocycles. The molecule has 6 heterocycles. The van der Waals surface area contributed by atoms with Crippen LogP contribution in [0.3, 0.4) is 0 Å². The number of aromatic nitrogens is 6. The van der Waals surface area contributed by atoms with Gasteiger partial charge in [0.2, 0.25) is 0 Å². The fraction of sp³-hybridized carbons (Fsp3) is 0. The predicted molar refractivity (Wildman–Crippen MR) is 149 cm³/mol. The number of nitrogens with zero attached hydrogens (tertiary/aromatic N) is 6. The third-order valence-electron chi connectivity index (χ3n) is 4.78. The SMILES string of the molecule is [CH3-].[Zn].c1ccc(-c2ccccn2)nc1.c1ccc(-c2ccccn2)nc1.c1ccc(-c2ccccn2)nc1. The minimum Gasteiger partial charge on any atom is -0.358 e. The molecule has 0 saturated carbocycles. The van der Waals surface area contributed by atoms with Crippen molar-refractivity contribution in [2.45, 2.75) is 0 Å². The standard InChI is InChI=1S/3C10H8N2.CH3.Zn/c3*1-3-7-11-9(5-1)10-6-2-4-8-12-10;;/h3*1-8H;1H3;/q;;;-1;. The molecule has 0 atom stereocenters. The molecular weight excluding hydrogens is 522 g/mol. The van der Waals surface area contributed by atoms with Crippen LogP contribution in [0.15, 0.2) is 146 Å². The zero-order valence-electron chi connectivity index (χ0n) is 21.2. The molecule has 6 aromatic rings. The van der Waals surface area contributed by atoms with Gasteiger partial charge < -0.3 is 7.43 Å². The van der Waals surface area contributed by atoms with Crippen molar-refractivity contribution in [3.05, 3.63) is 154 Å². The van der Waals surface area contributed by atoms with Gasteiger partial charge in [-0.25, -0.2) is 0 Å². The normalized spacial score (nSPS) is 9.16. The summed E-state index contributed by atoms with van der Waals surface area (Å²) < 4.78 is 0. The van der Waals surface area contributed by atoms with E-state index in [1.54, 1.807) is 37.2 Å². The smallest absolute Gasteiger partial charge is 0.0886 e. The summed E-state index contributed by atoms with van der Waals surface area (Å²) in [5.41, 5.74) is 5.49. The van der Waals surface area contributed by atoms with Crippen molar-refractivity contribution in [2.24, 2.45) is 0 Å². The summed E-state index contributed by atoms with van der Waals surface area (Å²) in [6.45, 7) is 0. The van der Waals surface area contributed by atoms with Crippen LogP contribution in [0.5, 0.6) is 0 Å². The number of rotatable bonds is 3. The van der Waals surface area contributed by atoms with Gasteiger partial charge >= 0.3 is 0 Å². The Labute approximate surface area is 236 Å². The fourth-order valence-electron chi connectivity index (χ4n) is 3.09. The van der Waals surface area contributed by atoms with Gasteiger partial charge in [0, 0.05) is 56.7 Å². The van der Waals surface area contributed by atoms with E-state index in [0.29, 0.717) is 0 Å². The number of hydrogen-bond acceptors (Lipinski definition) is 6. The van der Waals surface area contributed by atoms with E-state index in [1.807, 2.05) is 109 Å². The Hall–Kier alpha value is -4.48. The summed E-state index contributed by atoms with van der Waals surface area (Å²) in [5, 5.41) is 0. The Morgan fingerprint density at radius 2 is 0.421 bits per heavy atom. The van der Waals surface area contributed by atoms with Crippen LogP contribution < -0.4 is 0 Å². The van der Waals surface area contributed by atoms with Crippen LogP contribution in [0.4, 0.5) is 0 Å². The molecule has 0 N–H and O–H groups in total. The van der Waals surface area contributed by atoms with Gasteiger partial charge in [0.15, 0.2) is 0 Å². The molecule has 0 bridgehead atoms. The molecule has 38 heavy (non-hydrogen) atoms. The maximum Gasteiger partial charge on any atom is 0.0886 e. The summed E-state index contributed by atoms with van der Waals surface area (Å²) in [5.74, 6) is 0. The molecule has 0 amide bonds. The van der Waals surface area contributed by atoms with Crippen LogP contribution in [0.25, 0.3) is 34.2 Å². The molecule has 6 rings (SSSR count). The van der Waals surface area contributed by atoms with E-state index in [0.717, 1.165) is 34.2 Å². The minimum atomic E-state index is 0. The summed E-state index contributed by atoms with van der Waals surface area (Å²) in [6, 6.07) is 34.8. The molecule has 0 unspecified atom stereocenters. The fourth-order valence-corrected chi connectivity index (χ4v) is 3.09. The van der Waals surface area contributed by atoms with Gasteiger partial charge in [0.25, 0.3) is 0 Å². The molecular formula is C31H27N6Zn-. The first-order chi connectivity index (χ1) is 17.9. The monoisotopic (exact) mass is 547 g/mol. The summed E-state index contributed by atoms with van der Waals surface area (Å²) in [4.78, 5) is 25.1. The molecule has 0 aromatic carbocycles. The molecule has 0 radical (unpaired) electrons. The van der Waals surface area contributed by atoms with Crippen molar-refractivity contribution in [3.8, 4) is 34.2 Å². The summed E-state index contributed by atoms with van der Waals surface area (Å²) in [7, 11) is 0. The number of hydrogen-bond donors (Lipinski definition) is 0. The number of pyridine rings is 6. The molecule has 7 heteroatoms. The van der Waals surface area contributed by atoms with Crippen molar-refractivity contribution in [2.75, 3.05) is 0 Å². The Morgan fingerprint density at radius 3 is 0.526 bits per heavy atom. The van der Waals surface area contributed by atoms with Crippen molar-refractivity contribution in [3.63, 3.8) is 0 Å². The van der Waals surface area contributed by atoms with E-state index in [4.69, 9.17) is 0 Å². The van der Waals surface area contributed by atoms with Gasteiger partial charge in [0.05, 0.1) is 34.2 Å². The van der Waals surface area contributed by atoms with E-state index < -0.39 is 0 Å². The predicted octanol–water partition coefficient (Wildman–Crippen LogP) is 6.88. The third kappa shape index (κ3) is 9.53. The van der Waals surface area contributed by atoms with Crippen LogP contribution in [-0.4, -0.2) is 29.9 Å². The average Bonchev–Trinajstić information content (AvgIpc) is 3.01. The molecule has 0 spiro atoms. The molecule has 184 valence electrons. The molecule has 0 fully saturated rings. The molecule has 0 aliphatic rings. The second kappa shape index (κ2) is 17.1. The zero-order chi connectivity index (χ0) is 24.7. The topological polar surface area (TPSA) is 77.3 Å². The summed E-state index contributed by atoms with van der Waals surface area (Å²) >= 11 is 0. The van der Waals surface area contributed by atoms with Gasteiger partial charge in [-0.3, -0.25) is 29.9 Å². The first-order valence-corrected chi connectivity index (χ1v) is 11.4. The minimum absolute atomic E-state index is 0. The van der Waals surface area contributed by atoms with Crippen LogP contribution in [-0.2, 0) is 19.5 Å². The average molecular weight is 549 g/mol. The second-order valence-corrected chi connectivity index (χ2v) is 7.29. The molecule has 6 nitrogen and oxygen atoms in total. The van der Waals surface area contributed by atoms with Crippen LogP contribution in [0.2, 0.25) is 0 Å². The van der Waals surface area contributed by atoms with E-state index in [9.17, 15) is 0 Å².